The normalized spacial score (nSPS) is 12.4. The van der Waals surface area contributed by atoms with E-state index in [1.807, 2.05) is 13.0 Å². The molecule has 0 radical (unpaired) electrons. The Kier molecular flexibility index (Phi) is 4.76. The summed E-state index contributed by atoms with van der Waals surface area (Å²) in [4.78, 5) is 0. The van der Waals surface area contributed by atoms with Gasteiger partial charge in [-0.05, 0) is 24.1 Å². The number of benzene rings is 1. The van der Waals surface area contributed by atoms with E-state index in [9.17, 15) is 4.39 Å². The zero-order valence-electron chi connectivity index (χ0n) is 11.7. The molecule has 5 heteroatoms. The van der Waals surface area contributed by atoms with Crippen molar-refractivity contribution >= 4 is 0 Å². The van der Waals surface area contributed by atoms with Crippen LogP contribution in [0.3, 0.4) is 0 Å². The number of halogens is 1. The molecule has 0 saturated heterocycles. The van der Waals surface area contributed by atoms with E-state index in [0.29, 0.717) is 12.0 Å². The van der Waals surface area contributed by atoms with Crippen molar-refractivity contribution in [2.45, 2.75) is 25.8 Å². The first-order chi connectivity index (χ1) is 9.71. The largest absolute Gasteiger partial charge is 0.494 e. The first-order valence-corrected chi connectivity index (χ1v) is 6.55. The Balaban J connectivity index is 2.27. The van der Waals surface area contributed by atoms with E-state index >= 15 is 0 Å². The molecular weight excluding hydrogens is 259 g/mol. The number of methoxy groups -OCH3 is 1. The molecule has 0 bridgehead atoms. The van der Waals surface area contributed by atoms with Crippen LogP contribution in [0.25, 0.3) is 0 Å². The first kappa shape index (κ1) is 14.6. The number of ether oxygens (including phenoxy) is 1. The van der Waals surface area contributed by atoms with Gasteiger partial charge in [0.25, 0.3) is 0 Å². The highest BCUT2D eigenvalue weighted by molar-refractivity contribution is 5.33. The van der Waals surface area contributed by atoms with E-state index in [0.717, 1.165) is 17.7 Å². The van der Waals surface area contributed by atoms with Crippen LogP contribution in [0.2, 0.25) is 0 Å². The quantitative estimate of drug-likeness (QED) is 0.630. The van der Waals surface area contributed by atoms with Crippen LogP contribution in [0.1, 0.15) is 29.9 Å². The Morgan fingerprint density at radius 3 is 2.85 bits per heavy atom. The molecule has 0 saturated carbocycles. The van der Waals surface area contributed by atoms with Crippen LogP contribution in [-0.4, -0.2) is 7.11 Å². The zero-order valence-corrected chi connectivity index (χ0v) is 11.7. The topological polar surface area (TPSA) is 60.4 Å². The van der Waals surface area contributed by atoms with E-state index in [4.69, 9.17) is 15.0 Å². The Hall–Kier alpha value is -1.85. The molecule has 108 valence electrons. The van der Waals surface area contributed by atoms with Gasteiger partial charge in [0.15, 0.2) is 11.6 Å². The van der Waals surface area contributed by atoms with Crippen LogP contribution in [0, 0.1) is 5.82 Å². The van der Waals surface area contributed by atoms with Gasteiger partial charge in [-0.3, -0.25) is 11.3 Å². The molecule has 4 nitrogen and oxygen atoms in total. The molecule has 1 atom stereocenters. The molecule has 20 heavy (non-hydrogen) atoms. The average molecular weight is 278 g/mol. The predicted molar refractivity (Wildman–Crippen MR) is 74.8 cm³/mol. The number of hydrazine groups is 1. The van der Waals surface area contributed by atoms with E-state index < -0.39 is 0 Å². The van der Waals surface area contributed by atoms with Gasteiger partial charge in [-0.2, -0.15) is 0 Å². The molecule has 2 rings (SSSR count). The van der Waals surface area contributed by atoms with Gasteiger partial charge in [0, 0.05) is 12.0 Å². The van der Waals surface area contributed by atoms with Gasteiger partial charge in [0.1, 0.15) is 5.76 Å². The van der Waals surface area contributed by atoms with E-state index in [2.05, 4.69) is 5.43 Å². The third kappa shape index (κ3) is 2.84. The smallest absolute Gasteiger partial charge is 0.168 e. The lowest BCUT2D eigenvalue weighted by Crippen LogP contribution is -2.30. The highest BCUT2D eigenvalue weighted by atomic mass is 19.1. The molecule has 2 aromatic rings. The fraction of sp³-hybridized carbons (Fsp3) is 0.333. The molecule has 1 aromatic heterocycles. The van der Waals surface area contributed by atoms with Gasteiger partial charge in [-0.25, -0.2) is 4.39 Å². The summed E-state index contributed by atoms with van der Waals surface area (Å²) in [7, 11) is 1.45. The standard InChI is InChI=1S/C15H19FN2O2/c1-3-13-11(7-8-20-13)12(18-17)9-10-5-4-6-14(19-2)15(10)16/h4-8,12,18H,3,9,17H2,1-2H3. The van der Waals surface area contributed by atoms with Gasteiger partial charge in [-0.1, -0.05) is 19.1 Å². The lowest BCUT2D eigenvalue weighted by Gasteiger charge is -2.17. The second-order valence-electron chi connectivity index (χ2n) is 4.51. The van der Waals surface area contributed by atoms with Crippen molar-refractivity contribution in [2.75, 3.05) is 7.11 Å². The van der Waals surface area contributed by atoms with Gasteiger partial charge >= 0.3 is 0 Å². The molecule has 1 heterocycles. The maximum absolute atomic E-state index is 14.2. The Morgan fingerprint density at radius 1 is 1.40 bits per heavy atom. The van der Waals surface area contributed by atoms with Crippen LogP contribution < -0.4 is 16.0 Å². The van der Waals surface area contributed by atoms with Crippen molar-refractivity contribution in [1.29, 1.82) is 0 Å². The lowest BCUT2D eigenvalue weighted by molar-refractivity contribution is 0.382. The summed E-state index contributed by atoms with van der Waals surface area (Å²) in [5, 5.41) is 0. The maximum Gasteiger partial charge on any atom is 0.168 e. The maximum atomic E-state index is 14.2. The van der Waals surface area contributed by atoms with Crippen LogP contribution in [0.4, 0.5) is 4.39 Å². The summed E-state index contributed by atoms with van der Waals surface area (Å²) in [6, 6.07) is 6.75. The third-order valence-electron chi connectivity index (χ3n) is 3.36. The van der Waals surface area contributed by atoms with Crippen LogP contribution in [0.5, 0.6) is 5.75 Å². The molecule has 0 amide bonds. The van der Waals surface area contributed by atoms with Crippen molar-refractivity contribution in [3.63, 3.8) is 0 Å². The average Bonchev–Trinajstić information content (AvgIpc) is 2.94. The summed E-state index contributed by atoms with van der Waals surface area (Å²) in [5.41, 5.74) is 4.23. The summed E-state index contributed by atoms with van der Waals surface area (Å²) < 4.78 is 24.6. The fourth-order valence-electron chi connectivity index (χ4n) is 2.30. The molecule has 0 aliphatic carbocycles. The van der Waals surface area contributed by atoms with E-state index in [-0.39, 0.29) is 17.6 Å². The molecule has 3 N–H and O–H groups in total. The minimum Gasteiger partial charge on any atom is -0.494 e. The minimum absolute atomic E-state index is 0.203. The van der Waals surface area contributed by atoms with Crippen molar-refractivity contribution in [3.8, 4) is 5.75 Å². The Labute approximate surface area is 117 Å². The number of furan rings is 1. The number of rotatable bonds is 6. The monoisotopic (exact) mass is 278 g/mol. The fourth-order valence-corrected chi connectivity index (χ4v) is 2.30. The van der Waals surface area contributed by atoms with Crippen LogP contribution >= 0.6 is 0 Å². The van der Waals surface area contributed by atoms with Crippen LogP contribution in [-0.2, 0) is 12.8 Å². The number of hydrogen-bond acceptors (Lipinski definition) is 4. The highest BCUT2D eigenvalue weighted by Crippen LogP contribution is 2.27. The van der Waals surface area contributed by atoms with Crippen molar-refractivity contribution in [2.24, 2.45) is 5.84 Å². The highest BCUT2D eigenvalue weighted by Gasteiger charge is 2.19. The second kappa shape index (κ2) is 6.54. The number of nitrogens with one attached hydrogen (secondary N) is 1. The minimum atomic E-state index is -0.350. The summed E-state index contributed by atoms with van der Waals surface area (Å²) >= 11 is 0. The van der Waals surface area contributed by atoms with Gasteiger partial charge in [-0.15, -0.1) is 0 Å². The number of nitrogens with two attached hydrogens (primary N) is 1. The van der Waals surface area contributed by atoms with E-state index in [1.54, 1.807) is 24.5 Å². The molecule has 0 aliphatic rings. The van der Waals surface area contributed by atoms with Crippen molar-refractivity contribution in [3.05, 3.63) is 53.2 Å². The van der Waals surface area contributed by atoms with Crippen molar-refractivity contribution in [1.82, 2.24) is 5.43 Å². The zero-order chi connectivity index (χ0) is 14.5. The Morgan fingerprint density at radius 2 is 2.20 bits per heavy atom. The first-order valence-electron chi connectivity index (χ1n) is 6.55. The summed E-state index contributed by atoms with van der Waals surface area (Å²) in [6.07, 6.45) is 2.81. The number of aryl methyl sites for hydroxylation is 1. The summed E-state index contributed by atoms with van der Waals surface area (Å²) in [5.74, 6) is 6.36. The molecule has 1 unspecified atom stereocenters. The van der Waals surface area contributed by atoms with Gasteiger partial charge in [0.05, 0.1) is 19.4 Å². The van der Waals surface area contributed by atoms with Gasteiger partial charge in [0.2, 0.25) is 0 Å². The SMILES string of the molecule is CCc1occc1C(Cc1cccc(OC)c1F)NN. The van der Waals surface area contributed by atoms with Crippen molar-refractivity contribution < 1.29 is 13.5 Å². The molecule has 1 aromatic carbocycles. The Bertz CT molecular complexity index is 569. The second-order valence-corrected chi connectivity index (χ2v) is 4.51. The lowest BCUT2D eigenvalue weighted by atomic mass is 9.98. The molecule has 0 aliphatic heterocycles. The summed E-state index contributed by atoms with van der Waals surface area (Å²) in [6.45, 7) is 2.00. The molecule has 0 spiro atoms. The van der Waals surface area contributed by atoms with Crippen LogP contribution in [0.15, 0.2) is 34.9 Å². The molecule has 0 fully saturated rings. The van der Waals surface area contributed by atoms with E-state index in [1.165, 1.54) is 7.11 Å². The predicted octanol–water partition coefficient (Wildman–Crippen LogP) is 2.74. The van der Waals surface area contributed by atoms with Gasteiger partial charge < -0.3 is 9.15 Å². The third-order valence-corrected chi connectivity index (χ3v) is 3.36. The molecular formula is C15H19FN2O2. The number of hydrogen-bond donors (Lipinski definition) is 2.